The van der Waals surface area contributed by atoms with Crippen molar-refractivity contribution < 1.29 is 22.8 Å². The van der Waals surface area contributed by atoms with Gasteiger partial charge in [0.2, 0.25) is 11.8 Å². The molecule has 0 aromatic heterocycles. The van der Waals surface area contributed by atoms with E-state index in [0.717, 1.165) is 38.1 Å². The van der Waals surface area contributed by atoms with Crippen LogP contribution in [0, 0.1) is 5.41 Å². The molecule has 2 rings (SSSR count). The minimum absolute atomic E-state index is 0.109. The normalized spacial score (nSPS) is 14.9. The summed E-state index contributed by atoms with van der Waals surface area (Å²) in [6.45, 7) is 7.24. The number of hydrogen-bond acceptors (Lipinski definition) is 3. The number of carbonyl (C=O) groups is 2. The number of rotatable bonds is 6. The van der Waals surface area contributed by atoms with E-state index >= 15 is 0 Å². The number of nitrogens with zero attached hydrogens (tertiary/aromatic N) is 1. The summed E-state index contributed by atoms with van der Waals surface area (Å²) < 4.78 is 39.2. The van der Waals surface area contributed by atoms with Crippen molar-refractivity contribution in [2.45, 2.75) is 52.6 Å². The first kappa shape index (κ1) is 22.0. The van der Waals surface area contributed by atoms with Crippen molar-refractivity contribution in [3.63, 3.8) is 0 Å². The zero-order valence-corrected chi connectivity index (χ0v) is 16.6. The molecule has 2 N–H and O–H groups in total. The summed E-state index contributed by atoms with van der Waals surface area (Å²) in [5.41, 5.74) is -0.506. The van der Waals surface area contributed by atoms with Gasteiger partial charge in [-0.3, -0.25) is 9.59 Å². The van der Waals surface area contributed by atoms with Gasteiger partial charge in [0, 0.05) is 31.5 Å². The Morgan fingerprint density at radius 2 is 1.75 bits per heavy atom. The van der Waals surface area contributed by atoms with E-state index in [0.29, 0.717) is 18.7 Å². The third-order valence-electron chi connectivity index (χ3n) is 4.59. The maximum atomic E-state index is 13.1. The van der Waals surface area contributed by atoms with E-state index in [9.17, 15) is 22.8 Å². The fraction of sp³-hybridized carbons (Fsp3) is 0.600. The molecule has 1 fully saturated rings. The lowest BCUT2D eigenvalue weighted by molar-refractivity contribution is -0.137. The van der Waals surface area contributed by atoms with Gasteiger partial charge >= 0.3 is 6.18 Å². The molecule has 0 atom stereocenters. The Balaban J connectivity index is 2.00. The van der Waals surface area contributed by atoms with E-state index in [1.807, 2.05) is 4.90 Å². The molecule has 1 aliphatic heterocycles. The molecule has 5 nitrogen and oxygen atoms in total. The first-order valence-electron chi connectivity index (χ1n) is 9.53. The van der Waals surface area contributed by atoms with E-state index < -0.39 is 17.2 Å². The Kier molecular flexibility index (Phi) is 6.96. The molecule has 0 saturated carbocycles. The van der Waals surface area contributed by atoms with Crippen LogP contribution in [0.25, 0.3) is 0 Å². The number of hydrogen-bond donors (Lipinski definition) is 2. The Morgan fingerprint density at radius 3 is 2.32 bits per heavy atom. The molecule has 0 spiro atoms. The van der Waals surface area contributed by atoms with Gasteiger partial charge in [0.25, 0.3) is 0 Å². The SMILES string of the molecule is CC(C)(C)C(=O)NCCCC(=O)Nc1cc(C(F)(F)F)ccc1N1CCCC1. The minimum atomic E-state index is -4.47. The number of carbonyl (C=O) groups excluding carboxylic acids is 2. The predicted molar refractivity (Wildman–Crippen MR) is 103 cm³/mol. The van der Waals surface area contributed by atoms with Crippen LogP contribution in [0.2, 0.25) is 0 Å². The summed E-state index contributed by atoms with van der Waals surface area (Å²) >= 11 is 0. The number of halogens is 3. The van der Waals surface area contributed by atoms with Gasteiger partial charge in [-0.15, -0.1) is 0 Å². The van der Waals surface area contributed by atoms with Crippen LogP contribution in [-0.4, -0.2) is 31.4 Å². The predicted octanol–water partition coefficient (Wildman–Crippen LogP) is 4.19. The molecular weight excluding hydrogens is 371 g/mol. The molecule has 0 bridgehead atoms. The van der Waals surface area contributed by atoms with Gasteiger partial charge in [0.1, 0.15) is 0 Å². The zero-order valence-electron chi connectivity index (χ0n) is 16.6. The van der Waals surface area contributed by atoms with E-state index in [2.05, 4.69) is 10.6 Å². The second kappa shape index (κ2) is 8.84. The van der Waals surface area contributed by atoms with Crippen molar-refractivity contribution >= 4 is 23.2 Å². The van der Waals surface area contributed by atoms with Crippen LogP contribution >= 0.6 is 0 Å². The summed E-state index contributed by atoms with van der Waals surface area (Å²) in [5.74, 6) is -0.480. The highest BCUT2D eigenvalue weighted by molar-refractivity contribution is 5.94. The van der Waals surface area contributed by atoms with Crippen LogP contribution in [0.1, 0.15) is 52.0 Å². The van der Waals surface area contributed by atoms with E-state index in [1.165, 1.54) is 6.07 Å². The van der Waals surface area contributed by atoms with Crippen LogP contribution in [0.5, 0.6) is 0 Å². The average molecular weight is 399 g/mol. The molecule has 28 heavy (non-hydrogen) atoms. The summed E-state index contributed by atoms with van der Waals surface area (Å²) in [6.07, 6.45) is -2.00. The summed E-state index contributed by atoms with van der Waals surface area (Å²) in [6, 6.07) is 3.46. The van der Waals surface area contributed by atoms with Crippen molar-refractivity contribution in [1.82, 2.24) is 5.32 Å². The molecule has 0 aliphatic carbocycles. The van der Waals surface area contributed by atoms with E-state index in [4.69, 9.17) is 0 Å². The van der Waals surface area contributed by atoms with Crippen molar-refractivity contribution in [2.24, 2.45) is 5.41 Å². The molecule has 156 valence electrons. The number of anilines is 2. The van der Waals surface area contributed by atoms with Gasteiger partial charge in [0.05, 0.1) is 16.9 Å². The first-order chi connectivity index (χ1) is 13.0. The largest absolute Gasteiger partial charge is 0.416 e. The van der Waals surface area contributed by atoms with E-state index in [1.54, 1.807) is 20.8 Å². The highest BCUT2D eigenvalue weighted by Crippen LogP contribution is 2.36. The second-order valence-electron chi connectivity index (χ2n) is 8.08. The van der Waals surface area contributed by atoms with Crippen molar-refractivity contribution in [3.05, 3.63) is 23.8 Å². The summed E-state index contributed by atoms with van der Waals surface area (Å²) in [7, 11) is 0. The topological polar surface area (TPSA) is 61.4 Å². The van der Waals surface area contributed by atoms with E-state index in [-0.39, 0.29) is 23.9 Å². The number of alkyl halides is 3. The van der Waals surface area contributed by atoms with Crippen molar-refractivity contribution in [1.29, 1.82) is 0 Å². The lowest BCUT2D eigenvalue weighted by Gasteiger charge is -2.23. The van der Waals surface area contributed by atoms with Crippen molar-refractivity contribution in [3.8, 4) is 0 Å². The zero-order chi connectivity index (χ0) is 20.9. The van der Waals surface area contributed by atoms with Gasteiger partial charge in [-0.25, -0.2) is 0 Å². The quantitative estimate of drug-likeness (QED) is 0.706. The maximum Gasteiger partial charge on any atom is 0.416 e. The van der Waals surface area contributed by atoms with Crippen LogP contribution < -0.4 is 15.5 Å². The highest BCUT2D eigenvalue weighted by atomic mass is 19.4. The Morgan fingerprint density at radius 1 is 1.11 bits per heavy atom. The number of nitrogens with one attached hydrogen (secondary N) is 2. The second-order valence-corrected chi connectivity index (χ2v) is 8.08. The summed E-state index contributed by atoms with van der Waals surface area (Å²) in [4.78, 5) is 26.0. The monoisotopic (exact) mass is 399 g/mol. The molecule has 8 heteroatoms. The Bertz CT molecular complexity index is 706. The minimum Gasteiger partial charge on any atom is -0.370 e. The third kappa shape index (κ3) is 6.14. The fourth-order valence-electron chi connectivity index (χ4n) is 2.98. The molecule has 0 radical (unpaired) electrons. The Labute approximate surface area is 163 Å². The van der Waals surface area contributed by atoms with Gasteiger partial charge in [-0.1, -0.05) is 20.8 Å². The number of benzene rings is 1. The van der Waals surface area contributed by atoms with Gasteiger partial charge in [-0.2, -0.15) is 13.2 Å². The molecule has 2 amide bonds. The lowest BCUT2D eigenvalue weighted by Crippen LogP contribution is -2.35. The van der Waals surface area contributed by atoms with Gasteiger partial charge in [-0.05, 0) is 37.5 Å². The van der Waals surface area contributed by atoms with Crippen LogP contribution in [0.3, 0.4) is 0 Å². The molecule has 1 heterocycles. The molecular formula is C20H28F3N3O2. The molecule has 0 unspecified atom stereocenters. The van der Waals surface area contributed by atoms with Gasteiger partial charge in [0.15, 0.2) is 0 Å². The lowest BCUT2D eigenvalue weighted by atomic mass is 9.96. The van der Waals surface area contributed by atoms with Crippen LogP contribution in [0.4, 0.5) is 24.5 Å². The maximum absolute atomic E-state index is 13.1. The van der Waals surface area contributed by atoms with Crippen LogP contribution in [0.15, 0.2) is 18.2 Å². The van der Waals surface area contributed by atoms with Crippen LogP contribution in [-0.2, 0) is 15.8 Å². The smallest absolute Gasteiger partial charge is 0.370 e. The third-order valence-corrected chi connectivity index (χ3v) is 4.59. The molecule has 1 aromatic rings. The fourth-order valence-corrected chi connectivity index (χ4v) is 2.98. The molecule has 1 aliphatic rings. The molecule has 1 saturated heterocycles. The Hall–Kier alpha value is -2.25. The highest BCUT2D eigenvalue weighted by Gasteiger charge is 2.32. The van der Waals surface area contributed by atoms with Gasteiger partial charge < -0.3 is 15.5 Å². The summed E-state index contributed by atoms with van der Waals surface area (Å²) in [5, 5.41) is 5.38. The van der Waals surface area contributed by atoms with Crippen molar-refractivity contribution in [2.75, 3.05) is 29.9 Å². The standard InChI is InChI=1S/C20H28F3N3O2/c1-19(2,3)18(28)24-10-6-7-17(27)25-15-13-14(20(21,22)23)8-9-16(15)26-11-4-5-12-26/h8-9,13H,4-7,10-12H2,1-3H3,(H,24,28)(H,25,27). The molecule has 1 aromatic carbocycles. The number of amides is 2. The average Bonchev–Trinajstić information content (AvgIpc) is 3.11. The first-order valence-corrected chi connectivity index (χ1v) is 9.53.